The summed E-state index contributed by atoms with van der Waals surface area (Å²) in [6.07, 6.45) is 0.0458. The van der Waals surface area contributed by atoms with Gasteiger partial charge in [0.25, 0.3) is 5.91 Å². The molecule has 0 atom stereocenters. The Kier molecular flexibility index (Phi) is 5.33. The molecule has 122 valence electrons. The van der Waals surface area contributed by atoms with E-state index in [1.807, 2.05) is 0 Å². The lowest BCUT2D eigenvalue weighted by molar-refractivity contribution is 0.0964. The summed E-state index contributed by atoms with van der Waals surface area (Å²) in [5, 5.41) is 2.45. The van der Waals surface area contributed by atoms with Crippen LogP contribution in [0.5, 0.6) is 0 Å². The van der Waals surface area contributed by atoms with Gasteiger partial charge in [-0.05, 0) is 30.2 Å². The molecular weight excluding hydrogens is 319 g/mol. The highest BCUT2D eigenvalue weighted by Crippen LogP contribution is 2.17. The van der Waals surface area contributed by atoms with Gasteiger partial charge in [-0.25, -0.2) is 12.8 Å². The number of hydrogen-bond donors (Lipinski definition) is 2. The highest BCUT2D eigenvalue weighted by molar-refractivity contribution is 7.92. The lowest BCUT2D eigenvalue weighted by Crippen LogP contribution is -2.23. The van der Waals surface area contributed by atoms with Gasteiger partial charge in [-0.3, -0.25) is 9.52 Å². The van der Waals surface area contributed by atoms with Gasteiger partial charge >= 0.3 is 0 Å². The normalized spacial score (nSPS) is 11.0. The van der Waals surface area contributed by atoms with Gasteiger partial charge in [-0.15, -0.1) is 0 Å². The predicted octanol–water partition coefficient (Wildman–Crippen LogP) is 2.17. The molecule has 2 N–H and O–H groups in total. The minimum atomic E-state index is -3.71. The molecule has 0 radical (unpaired) electrons. The van der Waals surface area contributed by atoms with Crippen molar-refractivity contribution in [1.29, 1.82) is 0 Å². The number of aryl methyl sites for hydroxylation is 1. The van der Waals surface area contributed by atoms with E-state index in [2.05, 4.69) is 10.0 Å². The van der Waals surface area contributed by atoms with E-state index in [1.54, 1.807) is 30.3 Å². The molecule has 0 aliphatic rings. The first kappa shape index (κ1) is 17.0. The molecular formula is C16H17FN2O3S. The molecule has 0 unspecified atom stereocenters. The number of benzene rings is 2. The molecule has 0 heterocycles. The van der Waals surface area contributed by atoms with Gasteiger partial charge in [0.15, 0.2) is 0 Å². The van der Waals surface area contributed by atoms with Crippen LogP contribution in [0.2, 0.25) is 0 Å². The zero-order chi connectivity index (χ0) is 16.9. The average Bonchev–Trinajstić information content (AvgIpc) is 2.53. The Balaban J connectivity index is 2.13. The van der Waals surface area contributed by atoms with Crippen LogP contribution in [-0.4, -0.2) is 27.1 Å². The number of nitrogens with one attached hydrogen (secondary N) is 2. The number of halogens is 1. The molecule has 2 rings (SSSR count). The van der Waals surface area contributed by atoms with Gasteiger partial charge in [0, 0.05) is 7.05 Å². The average molecular weight is 336 g/mol. The quantitative estimate of drug-likeness (QED) is 0.849. The first-order valence-corrected chi connectivity index (χ1v) is 8.63. The van der Waals surface area contributed by atoms with E-state index in [0.717, 1.165) is 0 Å². The second kappa shape index (κ2) is 7.23. The molecule has 2 aromatic carbocycles. The smallest absolute Gasteiger partial charge is 0.253 e. The van der Waals surface area contributed by atoms with Crippen LogP contribution in [0.3, 0.4) is 0 Å². The maximum Gasteiger partial charge on any atom is 0.253 e. The fourth-order valence-corrected chi connectivity index (χ4v) is 3.17. The summed E-state index contributed by atoms with van der Waals surface area (Å²) in [6.45, 7) is 0. The van der Waals surface area contributed by atoms with E-state index in [1.165, 1.54) is 25.2 Å². The minimum absolute atomic E-state index is 0.0458. The van der Waals surface area contributed by atoms with Crippen LogP contribution < -0.4 is 10.0 Å². The third-order valence-electron chi connectivity index (χ3n) is 3.26. The van der Waals surface area contributed by atoms with Crippen LogP contribution in [-0.2, 0) is 16.4 Å². The Labute approximate surface area is 134 Å². The predicted molar refractivity (Wildman–Crippen MR) is 87.3 cm³/mol. The zero-order valence-electron chi connectivity index (χ0n) is 12.5. The number of amides is 1. The molecule has 0 saturated carbocycles. The molecule has 2 aromatic rings. The largest absolute Gasteiger partial charge is 0.355 e. The van der Waals surface area contributed by atoms with Gasteiger partial charge in [0.05, 0.1) is 17.0 Å². The SMILES string of the molecule is CNC(=O)c1ccccc1NS(=O)(=O)CCc1ccccc1F. The summed E-state index contributed by atoms with van der Waals surface area (Å²) in [7, 11) is -2.25. The molecule has 0 fully saturated rings. The van der Waals surface area contributed by atoms with E-state index >= 15 is 0 Å². The van der Waals surface area contributed by atoms with Crippen molar-refractivity contribution in [2.75, 3.05) is 17.5 Å². The highest BCUT2D eigenvalue weighted by Gasteiger charge is 2.16. The van der Waals surface area contributed by atoms with E-state index in [0.29, 0.717) is 5.56 Å². The van der Waals surface area contributed by atoms with E-state index in [4.69, 9.17) is 0 Å². The van der Waals surface area contributed by atoms with Crippen molar-refractivity contribution in [3.05, 3.63) is 65.5 Å². The second-order valence-electron chi connectivity index (χ2n) is 4.89. The van der Waals surface area contributed by atoms with Crippen molar-refractivity contribution in [3.63, 3.8) is 0 Å². The molecule has 7 heteroatoms. The van der Waals surface area contributed by atoms with Crippen molar-refractivity contribution in [3.8, 4) is 0 Å². The number of para-hydroxylation sites is 1. The summed E-state index contributed by atoms with van der Waals surface area (Å²) in [6, 6.07) is 12.3. The fraction of sp³-hybridized carbons (Fsp3) is 0.188. The topological polar surface area (TPSA) is 75.3 Å². The van der Waals surface area contributed by atoms with E-state index in [-0.39, 0.29) is 23.4 Å². The molecule has 0 aromatic heterocycles. The van der Waals surface area contributed by atoms with Crippen molar-refractivity contribution in [1.82, 2.24) is 5.32 Å². The first-order valence-electron chi connectivity index (χ1n) is 6.98. The van der Waals surface area contributed by atoms with Crippen LogP contribution in [0.1, 0.15) is 15.9 Å². The van der Waals surface area contributed by atoms with E-state index < -0.39 is 21.7 Å². The number of anilines is 1. The van der Waals surface area contributed by atoms with Gasteiger partial charge < -0.3 is 5.32 Å². The maximum atomic E-state index is 13.5. The standard InChI is InChI=1S/C16H17FN2O3S/c1-18-16(20)13-7-3-5-9-15(13)19-23(21,22)11-10-12-6-2-4-8-14(12)17/h2-9,19H,10-11H2,1H3,(H,18,20). The third kappa shape index (κ3) is 4.53. The molecule has 0 saturated heterocycles. The van der Waals surface area contributed by atoms with Crippen LogP contribution >= 0.6 is 0 Å². The second-order valence-corrected chi connectivity index (χ2v) is 6.73. The lowest BCUT2D eigenvalue weighted by Gasteiger charge is -2.12. The fourth-order valence-electron chi connectivity index (χ4n) is 2.07. The van der Waals surface area contributed by atoms with Crippen LogP contribution in [0.4, 0.5) is 10.1 Å². The molecule has 23 heavy (non-hydrogen) atoms. The van der Waals surface area contributed by atoms with Gasteiger partial charge in [0.2, 0.25) is 10.0 Å². The molecule has 5 nitrogen and oxygen atoms in total. The summed E-state index contributed by atoms with van der Waals surface area (Å²) < 4.78 is 40.3. The Morgan fingerprint density at radius 1 is 1.09 bits per heavy atom. The Hall–Kier alpha value is -2.41. The van der Waals surface area contributed by atoms with Gasteiger partial charge in [-0.2, -0.15) is 0 Å². The maximum absolute atomic E-state index is 13.5. The van der Waals surface area contributed by atoms with Crippen molar-refractivity contribution >= 4 is 21.6 Å². The lowest BCUT2D eigenvalue weighted by atomic mass is 10.2. The summed E-state index contributed by atoms with van der Waals surface area (Å²) >= 11 is 0. The molecule has 1 amide bonds. The molecule has 0 spiro atoms. The first-order chi connectivity index (χ1) is 10.9. The number of sulfonamides is 1. The third-order valence-corrected chi connectivity index (χ3v) is 4.53. The summed E-state index contributed by atoms with van der Waals surface area (Å²) in [5.41, 5.74) is 0.752. The Morgan fingerprint density at radius 2 is 1.74 bits per heavy atom. The van der Waals surface area contributed by atoms with Crippen molar-refractivity contribution in [2.45, 2.75) is 6.42 Å². The highest BCUT2D eigenvalue weighted by atomic mass is 32.2. The number of carbonyl (C=O) groups excluding carboxylic acids is 1. The van der Waals surface area contributed by atoms with Crippen LogP contribution in [0.15, 0.2) is 48.5 Å². The Morgan fingerprint density at radius 3 is 2.43 bits per heavy atom. The Bertz CT molecular complexity index is 806. The van der Waals surface area contributed by atoms with Crippen molar-refractivity contribution in [2.24, 2.45) is 0 Å². The summed E-state index contributed by atoms with van der Waals surface area (Å²) in [5.74, 6) is -1.11. The zero-order valence-corrected chi connectivity index (χ0v) is 13.4. The van der Waals surface area contributed by atoms with Crippen LogP contribution in [0.25, 0.3) is 0 Å². The van der Waals surface area contributed by atoms with Gasteiger partial charge in [-0.1, -0.05) is 30.3 Å². The number of hydrogen-bond acceptors (Lipinski definition) is 3. The van der Waals surface area contributed by atoms with Crippen molar-refractivity contribution < 1.29 is 17.6 Å². The van der Waals surface area contributed by atoms with Crippen LogP contribution in [0, 0.1) is 5.82 Å². The number of carbonyl (C=O) groups is 1. The summed E-state index contributed by atoms with van der Waals surface area (Å²) in [4.78, 5) is 11.7. The van der Waals surface area contributed by atoms with E-state index in [9.17, 15) is 17.6 Å². The molecule has 0 aliphatic heterocycles. The minimum Gasteiger partial charge on any atom is -0.355 e. The van der Waals surface area contributed by atoms with Gasteiger partial charge in [0.1, 0.15) is 5.82 Å². The number of rotatable bonds is 6. The molecule has 0 bridgehead atoms. The monoisotopic (exact) mass is 336 g/mol. The molecule has 0 aliphatic carbocycles.